The quantitative estimate of drug-likeness (QED) is 0.444. The number of H-pyrrole nitrogens is 1. The van der Waals surface area contributed by atoms with Crippen molar-refractivity contribution in [2.45, 2.75) is 0 Å². The van der Waals surface area contributed by atoms with Crippen LogP contribution in [-0.2, 0) is 0 Å². The number of pyridine rings is 2. The van der Waals surface area contributed by atoms with Crippen molar-refractivity contribution in [1.29, 1.82) is 0 Å². The van der Waals surface area contributed by atoms with Crippen LogP contribution in [0.4, 0.5) is 4.39 Å². The molecule has 4 aromatic rings. The first kappa shape index (κ1) is 16.7. The van der Waals surface area contributed by atoms with Gasteiger partial charge in [0.1, 0.15) is 11.6 Å². The van der Waals surface area contributed by atoms with Gasteiger partial charge in [0, 0.05) is 29.5 Å². The lowest BCUT2D eigenvalue weighted by Crippen LogP contribution is -2.08. The minimum atomic E-state index is -0.509. The first-order valence-electron chi connectivity index (χ1n) is 8.15. The van der Waals surface area contributed by atoms with Gasteiger partial charge in [0.2, 0.25) is 0 Å². The molecule has 0 spiro atoms. The van der Waals surface area contributed by atoms with Gasteiger partial charge in [-0.15, -0.1) is 0 Å². The van der Waals surface area contributed by atoms with Crippen LogP contribution >= 0.6 is 0 Å². The monoisotopic (exact) mass is 360 g/mol. The van der Waals surface area contributed by atoms with Crippen LogP contribution in [0.1, 0.15) is 10.4 Å². The van der Waals surface area contributed by atoms with Gasteiger partial charge in [0.05, 0.1) is 11.1 Å². The lowest BCUT2D eigenvalue weighted by atomic mass is 10.1. The predicted octanol–water partition coefficient (Wildman–Crippen LogP) is 3.95. The van der Waals surface area contributed by atoms with Gasteiger partial charge in [0.15, 0.2) is 5.43 Å². The van der Waals surface area contributed by atoms with Crippen molar-refractivity contribution in [3.63, 3.8) is 0 Å². The Morgan fingerprint density at radius 2 is 1.85 bits per heavy atom. The smallest absolute Gasteiger partial charge is 0.345 e. The van der Waals surface area contributed by atoms with E-state index < -0.39 is 11.8 Å². The van der Waals surface area contributed by atoms with Crippen molar-refractivity contribution in [1.82, 2.24) is 9.97 Å². The summed E-state index contributed by atoms with van der Waals surface area (Å²) in [5.74, 6) is -0.569. The maximum Gasteiger partial charge on any atom is 0.345 e. The molecule has 0 bridgehead atoms. The molecule has 132 valence electrons. The second-order valence-electron chi connectivity index (χ2n) is 5.89. The van der Waals surface area contributed by atoms with E-state index >= 15 is 0 Å². The molecule has 0 atom stereocenters. The molecular formula is C21H13FN2O3. The SMILES string of the molecule is O=C(Oc1ccc(-c2cc(=O)c3ccc(F)cc3[nH]2)cc1)c1cccnc1. The summed E-state index contributed by atoms with van der Waals surface area (Å²) in [6.45, 7) is 0. The molecule has 0 unspecified atom stereocenters. The Hall–Kier alpha value is -3.80. The van der Waals surface area contributed by atoms with Gasteiger partial charge >= 0.3 is 5.97 Å². The first-order chi connectivity index (χ1) is 13.1. The number of nitrogens with zero attached hydrogens (tertiary/aromatic N) is 1. The van der Waals surface area contributed by atoms with Crippen LogP contribution in [-0.4, -0.2) is 15.9 Å². The number of aromatic nitrogens is 2. The molecule has 5 nitrogen and oxygen atoms in total. The molecule has 2 aromatic carbocycles. The van der Waals surface area contributed by atoms with Gasteiger partial charge in [-0.3, -0.25) is 9.78 Å². The maximum atomic E-state index is 13.4. The third-order valence-corrected chi connectivity index (χ3v) is 4.06. The minimum Gasteiger partial charge on any atom is -0.423 e. The number of halogens is 1. The van der Waals surface area contributed by atoms with Crippen LogP contribution in [0.5, 0.6) is 5.75 Å². The number of fused-ring (bicyclic) bond motifs is 1. The average molecular weight is 360 g/mol. The van der Waals surface area contributed by atoms with Gasteiger partial charge in [-0.05, 0) is 60.2 Å². The summed E-state index contributed by atoms with van der Waals surface area (Å²) in [6, 6.07) is 15.4. The lowest BCUT2D eigenvalue weighted by molar-refractivity contribution is 0.0734. The molecule has 2 heterocycles. The van der Waals surface area contributed by atoms with E-state index in [1.807, 2.05) is 0 Å². The number of esters is 1. The largest absolute Gasteiger partial charge is 0.423 e. The van der Waals surface area contributed by atoms with Crippen molar-refractivity contribution in [3.8, 4) is 17.0 Å². The normalized spacial score (nSPS) is 10.7. The number of nitrogens with one attached hydrogen (secondary N) is 1. The van der Waals surface area contributed by atoms with Crippen molar-refractivity contribution in [2.24, 2.45) is 0 Å². The van der Waals surface area contributed by atoms with Crippen LogP contribution in [0.2, 0.25) is 0 Å². The van der Waals surface area contributed by atoms with E-state index in [1.54, 1.807) is 42.6 Å². The third kappa shape index (κ3) is 3.46. The fourth-order valence-corrected chi connectivity index (χ4v) is 2.73. The van der Waals surface area contributed by atoms with E-state index in [1.165, 1.54) is 30.5 Å². The predicted molar refractivity (Wildman–Crippen MR) is 99.2 cm³/mol. The number of carbonyl (C=O) groups is 1. The van der Waals surface area contributed by atoms with Gasteiger partial charge in [-0.25, -0.2) is 9.18 Å². The zero-order valence-corrected chi connectivity index (χ0v) is 14.0. The lowest BCUT2D eigenvalue weighted by Gasteiger charge is -2.07. The summed E-state index contributed by atoms with van der Waals surface area (Å²) >= 11 is 0. The first-order valence-corrected chi connectivity index (χ1v) is 8.15. The van der Waals surface area contributed by atoms with E-state index in [0.717, 1.165) is 0 Å². The Morgan fingerprint density at radius 3 is 2.59 bits per heavy atom. The molecule has 0 fully saturated rings. The Kier molecular flexibility index (Phi) is 4.22. The molecular weight excluding hydrogens is 347 g/mol. The van der Waals surface area contributed by atoms with Crippen LogP contribution < -0.4 is 10.2 Å². The van der Waals surface area contributed by atoms with Crippen molar-refractivity contribution in [3.05, 3.63) is 94.7 Å². The summed E-state index contributed by atoms with van der Waals surface area (Å²) in [7, 11) is 0. The number of hydrogen-bond donors (Lipinski definition) is 1. The van der Waals surface area contributed by atoms with E-state index in [0.29, 0.717) is 33.5 Å². The van der Waals surface area contributed by atoms with E-state index in [-0.39, 0.29) is 5.43 Å². The molecule has 0 aliphatic heterocycles. The Labute approximate surface area is 153 Å². The molecule has 2 aromatic heterocycles. The molecule has 0 saturated carbocycles. The molecule has 0 saturated heterocycles. The van der Waals surface area contributed by atoms with Gasteiger partial charge < -0.3 is 9.72 Å². The summed E-state index contributed by atoms with van der Waals surface area (Å²) in [6.07, 6.45) is 3.00. The molecule has 0 amide bonds. The fraction of sp³-hybridized carbons (Fsp3) is 0. The highest BCUT2D eigenvalue weighted by Crippen LogP contribution is 2.22. The number of hydrogen-bond acceptors (Lipinski definition) is 4. The van der Waals surface area contributed by atoms with Gasteiger partial charge in [-0.1, -0.05) is 0 Å². The molecule has 0 radical (unpaired) electrons. The molecule has 0 aliphatic rings. The van der Waals surface area contributed by atoms with Crippen LogP contribution in [0.3, 0.4) is 0 Å². The standard InChI is InChI=1S/C21H13FN2O3/c22-15-5-8-17-19(10-15)24-18(11-20(17)25)13-3-6-16(7-4-13)27-21(26)14-2-1-9-23-12-14/h1-12H,(H,24,25). The number of ether oxygens (including phenoxy) is 1. The number of rotatable bonds is 3. The Bertz CT molecular complexity index is 1190. The van der Waals surface area contributed by atoms with E-state index in [4.69, 9.17) is 4.74 Å². The molecule has 4 rings (SSSR count). The van der Waals surface area contributed by atoms with E-state index in [9.17, 15) is 14.0 Å². The van der Waals surface area contributed by atoms with E-state index in [2.05, 4.69) is 9.97 Å². The highest BCUT2D eigenvalue weighted by atomic mass is 19.1. The highest BCUT2D eigenvalue weighted by Gasteiger charge is 2.09. The molecule has 6 heteroatoms. The Morgan fingerprint density at radius 1 is 1.04 bits per heavy atom. The zero-order valence-electron chi connectivity index (χ0n) is 14.0. The van der Waals surface area contributed by atoms with Crippen molar-refractivity contribution >= 4 is 16.9 Å². The minimum absolute atomic E-state index is 0.203. The maximum absolute atomic E-state index is 13.4. The summed E-state index contributed by atoms with van der Waals surface area (Å²) in [4.78, 5) is 31.2. The third-order valence-electron chi connectivity index (χ3n) is 4.06. The van der Waals surface area contributed by atoms with Gasteiger partial charge in [-0.2, -0.15) is 0 Å². The summed E-state index contributed by atoms with van der Waals surface area (Å²) in [5.41, 5.74) is 1.82. The number of aromatic amines is 1. The second kappa shape index (κ2) is 6.84. The number of carbonyl (C=O) groups excluding carboxylic acids is 1. The molecule has 27 heavy (non-hydrogen) atoms. The summed E-state index contributed by atoms with van der Waals surface area (Å²) in [5, 5.41) is 0.419. The van der Waals surface area contributed by atoms with Crippen LogP contribution in [0, 0.1) is 5.82 Å². The van der Waals surface area contributed by atoms with Crippen LogP contribution in [0.25, 0.3) is 22.2 Å². The fourth-order valence-electron chi connectivity index (χ4n) is 2.73. The summed E-state index contributed by atoms with van der Waals surface area (Å²) < 4.78 is 18.7. The molecule has 1 N–H and O–H groups in total. The zero-order chi connectivity index (χ0) is 18.8. The van der Waals surface area contributed by atoms with Crippen LogP contribution in [0.15, 0.2) is 77.9 Å². The molecule has 0 aliphatic carbocycles. The van der Waals surface area contributed by atoms with Crippen molar-refractivity contribution in [2.75, 3.05) is 0 Å². The van der Waals surface area contributed by atoms with Crippen molar-refractivity contribution < 1.29 is 13.9 Å². The topological polar surface area (TPSA) is 72.1 Å². The van der Waals surface area contributed by atoms with Gasteiger partial charge in [0.25, 0.3) is 0 Å². The highest BCUT2D eigenvalue weighted by molar-refractivity contribution is 5.90. The average Bonchev–Trinajstić information content (AvgIpc) is 2.69. The second-order valence-corrected chi connectivity index (χ2v) is 5.89. The Balaban J connectivity index is 1.62. The number of benzene rings is 2.